The van der Waals surface area contributed by atoms with E-state index >= 15 is 0 Å². The maximum atomic E-state index is 13.2. The van der Waals surface area contributed by atoms with Gasteiger partial charge in [-0.25, -0.2) is 0 Å². The molecule has 0 saturated carbocycles. The van der Waals surface area contributed by atoms with Gasteiger partial charge in [-0.05, 0) is 53.4 Å². The quantitative estimate of drug-likeness (QED) is 0.414. The zero-order valence-electron chi connectivity index (χ0n) is 25.1. The van der Waals surface area contributed by atoms with Gasteiger partial charge in [0.05, 0.1) is 13.1 Å². The largest absolute Gasteiger partial charge is 0.481 e. The summed E-state index contributed by atoms with van der Waals surface area (Å²) >= 11 is 0. The number of ether oxygens (including phenoxy) is 2. The predicted octanol–water partition coefficient (Wildman–Crippen LogP) is 2.83. The van der Waals surface area contributed by atoms with Gasteiger partial charge in [0.15, 0.2) is 0 Å². The van der Waals surface area contributed by atoms with Crippen molar-refractivity contribution in [1.29, 1.82) is 0 Å². The molecule has 1 fully saturated rings. The molecule has 0 aliphatic carbocycles. The summed E-state index contributed by atoms with van der Waals surface area (Å²) in [5.74, 6) is -1.65. The van der Waals surface area contributed by atoms with E-state index in [9.17, 15) is 24.3 Å². The summed E-state index contributed by atoms with van der Waals surface area (Å²) in [6.07, 6.45) is 0.392. The summed E-state index contributed by atoms with van der Waals surface area (Å²) in [6.45, 7) is 20.3. The minimum Gasteiger partial charge on any atom is -0.481 e. The first-order valence-corrected chi connectivity index (χ1v) is 13.6. The topological polar surface area (TPSA) is 117 Å². The van der Waals surface area contributed by atoms with Gasteiger partial charge >= 0.3 is 17.9 Å². The molecule has 0 radical (unpaired) electrons. The van der Waals surface area contributed by atoms with Crippen molar-refractivity contribution in [3.8, 4) is 0 Å². The van der Waals surface area contributed by atoms with Gasteiger partial charge in [-0.3, -0.25) is 33.9 Å². The van der Waals surface area contributed by atoms with Crippen LogP contribution in [0.5, 0.6) is 0 Å². The zero-order valence-corrected chi connectivity index (χ0v) is 25.1. The molecule has 1 heterocycles. The van der Waals surface area contributed by atoms with Gasteiger partial charge in [-0.15, -0.1) is 0 Å². The van der Waals surface area contributed by atoms with Crippen LogP contribution in [0, 0.1) is 5.41 Å². The van der Waals surface area contributed by atoms with E-state index in [0.717, 1.165) is 0 Å². The number of carboxylic acids is 1. The van der Waals surface area contributed by atoms with Gasteiger partial charge in [-0.1, -0.05) is 20.8 Å². The summed E-state index contributed by atoms with van der Waals surface area (Å²) in [6, 6.07) is -0.751. The van der Waals surface area contributed by atoms with Gasteiger partial charge in [0.2, 0.25) is 0 Å². The molecule has 0 aromatic heterocycles. The van der Waals surface area contributed by atoms with Crippen molar-refractivity contribution in [2.24, 2.45) is 5.41 Å². The van der Waals surface area contributed by atoms with Crippen LogP contribution in [0.15, 0.2) is 0 Å². The minimum absolute atomic E-state index is 0.0844. The Kier molecular flexibility index (Phi) is 12.9. The van der Waals surface area contributed by atoms with Crippen LogP contribution in [0.25, 0.3) is 0 Å². The molecule has 0 bridgehead atoms. The number of nitrogens with zero attached hydrogens (tertiary/aromatic N) is 3. The number of hydrogen-bond acceptors (Lipinski definition) is 9. The van der Waals surface area contributed by atoms with Crippen molar-refractivity contribution in [3.05, 3.63) is 0 Å². The van der Waals surface area contributed by atoms with Crippen molar-refractivity contribution in [2.75, 3.05) is 52.4 Å². The summed E-state index contributed by atoms with van der Waals surface area (Å²) in [4.78, 5) is 55.9. The molecule has 220 valence electrons. The second kappa shape index (κ2) is 14.4. The van der Waals surface area contributed by atoms with E-state index in [1.165, 1.54) is 0 Å². The van der Waals surface area contributed by atoms with Gasteiger partial charge in [0, 0.05) is 52.1 Å². The van der Waals surface area contributed by atoms with Gasteiger partial charge < -0.3 is 14.6 Å². The van der Waals surface area contributed by atoms with Crippen LogP contribution in [0.1, 0.15) is 81.6 Å². The normalized spacial score (nSPS) is 18.1. The Morgan fingerprint density at radius 2 is 1.21 bits per heavy atom. The van der Waals surface area contributed by atoms with Crippen molar-refractivity contribution in [3.63, 3.8) is 0 Å². The van der Waals surface area contributed by atoms with Crippen molar-refractivity contribution < 1.29 is 33.8 Å². The van der Waals surface area contributed by atoms with Crippen LogP contribution in [0.4, 0.5) is 0 Å². The third-order valence-corrected chi connectivity index (χ3v) is 5.79. The summed E-state index contributed by atoms with van der Waals surface area (Å²) in [5.41, 5.74) is -1.44. The summed E-state index contributed by atoms with van der Waals surface area (Å²) in [5, 5.41) is 9.31. The number of rotatable bonds is 10. The average Bonchev–Trinajstić information content (AvgIpc) is 2.76. The van der Waals surface area contributed by atoms with Gasteiger partial charge in [-0.2, -0.15) is 0 Å². The van der Waals surface area contributed by atoms with Gasteiger partial charge in [0.25, 0.3) is 0 Å². The molecule has 1 atom stereocenters. The maximum absolute atomic E-state index is 13.2. The summed E-state index contributed by atoms with van der Waals surface area (Å²) < 4.78 is 11.2. The molecule has 1 aliphatic rings. The highest BCUT2D eigenvalue weighted by molar-refractivity contribution is 5.81. The number of carboxylic acid groups (broad SMARTS) is 1. The van der Waals surface area contributed by atoms with Crippen LogP contribution >= 0.6 is 0 Å². The fraction of sp³-hybridized carbons (Fsp3) is 0.857. The second-order valence-corrected chi connectivity index (χ2v) is 13.4. The lowest BCUT2D eigenvalue weighted by Gasteiger charge is -2.33. The van der Waals surface area contributed by atoms with Crippen molar-refractivity contribution in [1.82, 2.24) is 14.7 Å². The van der Waals surface area contributed by atoms with E-state index in [1.807, 2.05) is 51.3 Å². The Hall–Kier alpha value is -2.04. The zero-order chi connectivity index (χ0) is 29.3. The molecule has 0 amide bonds. The predicted molar refractivity (Wildman–Crippen MR) is 146 cm³/mol. The SMILES string of the molecule is CC(C)(C)CC(=O)CN1CCN(CC(=O)OC(C)(C)C)CCN(C(CCC(=O)O)C(=O)OC(C)(C)C)CC1. The lowest BCUT2D eigenvalue weighted by atomic mass is 9.90. The first-order valence-electron chi connectivity index (χ1n) is 13.6. The van der Waals surface area contributed by atoms with E-state index in [1.54, 1.807) is 20.8 Å². The van der Waals surface area contributed by atoms with Crippen molar-refractivity contribution >= 4 is 23.7 Å². The molecule has 1 rings (SSSR count). The number of aliphatic carboxylic acids is 1. The molecule has 1 N–H and O–H groups in total. The van der Waals surface area contributed by atoms with Crippen LogP contribution in [0.3, 0.4) is 0 Å². The summed E-state index contributed by atoms with van der Waals surface area (Å²) in [7, 11) is 0. The monoisotopic (exact) mass is 541 g/mol. The van der Waals surface area contributed by atoms with Crippen LogP contribution in [0.2, 0.25) is 0 Å². The van der Waals surface area contributed by atoms with E-state index in [0.29, 0.717) is 45.7 Å². The molecule has 38 heavy (non-hydrogen) atoms. The molecule has 10 heteroatoms. The first kappa shape index (κ1) is 34.0. The lowest BCUT2D eigenvalue weighted by molar-refractivity contribution is -0.163. The molecule has 0 aromatic rings. The standard InChI is InChI=1S/C28H51N3O7/c1-26(2,3)18-21(32)19-29-12-13-30(20-24(35)37-27(4,5)6)15-17-31(16-14-29)22(10-11-23(33)34)25(36)38-28(7,8)9/h22H,10-20H2,1-9H3,(H,33,34). The van der Waals surface area contributed by atoms with E-state index in [2.05, 4.69) is 4.90 Å². The average molecular weight is 542 g/mol. The molecule has 10 nitrogen and oxygen atoms in total. The fourth-order valence-corrected chi connectivity index (χ4v) is 4.32. The number of Topliss-reactive ketones (excluding diaryl/α,β-unsaturated/α-hetero) is 1. The minimum atomic E-state index is -0.983. The number of carbonyl (C=O) groups excluding carboxylic acids is 3. The second-order valence-electron chi connectivity index (χ2n) is 13.4. The smallest absolute Gasteiger partial charge is 0.323 e. The molecular weight excluding hydrogens is 490 g/mol. The molecule has 1 unspecified atom stereocenters. The highest BCUT2D eigenvalue weighted by Crippen LogP contribution is 2.20. The molecule has 1 aliphatic heterocycles. The van der Waals surface area contributed by atoms with Crippen LogP contribution in [-0.2, 0) is 28.7 Å². The Labute approximate surface area is 229 Å². The lowest BCUT2D eigenvalue weighted by Crippen LogP contribution is -2.49. The Bertz CT molecular complexity index is 767. The van der Waals surface area contributed by atoms with Crippen molar-refractivity contribution in [2.45, 2.75) is 98.8 Å². The molecule has 1 saturated heterocycles. The molecule has 0 aromatic carbocycles. The van der Waals surface area contributed by atoms with E-state index in [-0.39, 0.29) is 43.1 Å². The number of hydrogen-bond donors (Lipinski definition) is 1. The Balaban J connectivity index is 3.18. The Morgan fingerprint density at radius 1 is 0.737 bits per heavy atom. The first-order chi connectivity index (χ1) is 17.2. The number of carbonyl (C=O) groups is 4. The number of ketones is 1. The molecule has 0 spiro atoms. The van der Waals surface area contributed by atoms with Crippen LogP contribution < -0.4 is 0 Å². The molecular formula is C28H51N3O7. The third-order valence-electron chi connectivity index (χ3n) is 5.79. The van der Waals surface area contributed by atoms with E-state index in [4.69, 9.17) is 9.47 Å². The highest BCUT2D eigenvalue weighted by atomic mass is 16.6. The fourth-order valence-electron chi connectivity index (χ4n) is 4.32. The number of esters is 2. The maximum Gasteiger partial charge on any atom is 0.323 e. The Morgan fingerprint density at radius 3 is 1.66 bits per heavy atom. The van der Waals surface area contributed by atoms with Crippen LogP contribution in [-0.4, -0.2) is 113 Å². The third kappa shape index (κ3) is 15.4. The van der Waals surface area contributed by atoms with E-state index < -0.39 is 29.2 Å². The van der Waals surface area contributed by atoms with Gasteiger partial charge in [0.1, 0.15) is 23.0 Å². The highest BCUT2D eigenvalue weighted by Gasteiger charge is 2.32.